The molecule has 3 heteroatoms. The zero-order valence-corrected chi connectivity index (χ0v) is 15.4. The van der Waals surface area contributed by atoms with Crippen molar-refractivity contribution in [2.75, 3.05) is 0 Å². The van der Waals surface area contributed by atoms with E-state index in [2.05, 4.69) is 41.5 Å². The molecule has 0 aliphatic carbocycles. The van der Waals surface area contributed by atoms with Gasteiger partial charge in [-0.05, 0) is 37.5 Å². The quantitative estimate of drug-likeness (QED) is 0.663. The summed E-state index contributed by atoms with van der Waals surface area (Å²) >= 11 is 0. The highest BCUT2D eigenvalue weighted by molar-refractivity contribution is 5.85. The number of ether oxygens (including phenoxy) is 1. The fourth-order valence-electron chi connectivity index (χ4n) is 2.57. The van der Waals surface area contributed by atoms with E-state index in [0.717, 1.165) is 12.8 Å². The molecule has 0 heterocycles. The maximum Gasteiger partial charge on any atom is 0.313 e. The van der Waals surface area contributed by atoms with Crippen molar-refractivity contribution in [3.05, 3.63) is 0 Å². The number of hydrogen-bond donors (Lipinski definition) is 0. The molecule has 0 N–H and O–H groups in total. The highest BCUT2D eigenvalue weighted by atomic mass is 16.5. The molecule has 0 rings (SSSR count). The van der Waals surface area contributed by atoms with E-state index in [-0.39, 0.29) is 22.6 Å². The van der Waals surface area contributed by atoms with Crippen LogP contribution in [-0.4, -0.2) is 17.9 Å². The Morgan fingerprint density at radius 1 is 1.00 bits per heavy atom. The highest BCUT2D eigenvalue weighted by Crippen LogP contribution is 2.47. The van der Waals surface area contributed by atoms with Gasteiger partial charge in [-0.25, -0.2) is 0 Å². The van der Waals surface area contributed by atoms with Crippen LogP contribution in [0.3, 0.4) is 0 Å². The average molecular weight is 298 g/mol. The van der Waals surface area contributed by atoms with Gasteiger partial charge in [-0.1, -0.05) is 54.9 Å². The van der Waals surface area contributed by atoms with Crippen LogP contribution in [-0.2, 0) is 14.3 Å². The normalized spacial score (nSPS) is 17.0. The molecular weight excluding hydrogens is 264 g/mol. The molecule has 0 aromatic rings. The molecule has 124 valence electrons. The summed E-state index contributed by atoms with van der Waals surface area (Å²) in [5.41, 5.74) is -0.838. The SMILES string of the molecule is CCCC(OC(=O)C(C)(CC(C)(C)C)C(C)(C)C)C(C)=O. The van der Waals surface area contributed by atoms with Crippen molar-refractivity contribution in [2.45, 2.75) is 87.7 Å². The molecule has 2 atom stereocenters. The summed E-state index contributed by atoms with van der Waals surface area (Å²) < 4.78 is 5.60. The van der Waals surface area contributed by atoms with Crippen LogP contribution in [0.25, 0.3) is 0 Å². The number of ketones is 1. The van der Waals surface area contributed by atoms with Crippen LogP contribution in [0.2, 0.25) is 0 Å². The molecule has 0 aromatic carbocycles. The third kappa shape index (κ3) is 5.80. The second-order valence-corrected chi connectivity index (χ2v) is 8.61. The van der Waals surface area contributed by atoms with Gasteiger partial charge in [-0.3, -0.25) is 9.59 Å². The Bertz CT molecular complexity index is 371. The minimum Gasteiger partial charge on any atom is -0.454 e. The summed E-state index contributed by atoms with van der Waals surface area (Å²) in [5, 5.41) is 0. The summed E-state index contributed by atoms with van der Waals surface area (Å²) in [7, 11) is 0. The molecule has 0 amide bonds. The standard InChI is InChI=1S/C18H34O3/c1-10-11-14(13(2)19)21-15(20)18(9,17(6,7)8)12-16(3,4)5/h14H,10-12H2,1-9H3. The Hall–Kier alpha value is -0.860. The van der Waals surface area contributed by atoms with Gasteiger partial charge in [-0.2, -0.15) is 0 Å². The van der Waals surface area contributed by atoms with Gasteiger partial charge in [0.25, 0.3) is 0 Å². The molecule has 0 aliphatic rings. The first-order valence-corrected chi connectivity index (χ1v) is 7.96. The number of hydrogen-bond acceptors (Lipinski definition) is 3. The molecule has 0 radical (unpaired) electrons. The lowest BCUT2D eigenvalue weighted by Gasteiger charge is -2.43. The van der Waals surface area contributed by atoms with Crippen LogP contribution in [0.4, 0.5) is 0 Å². The summed E-state index contributed by atoms with van der Waals surface area (Å²) in [6, 6.07) is 0. The molecular formula is C18H34O3. The predicted octanol–water partition coefficient (Wildman–Crippen LogP) is 4.78. The van der Waals surface area contributed by atoms with Crippen LogP contribution in [0.1, 0.15) is 81.6 Å². The molecule has 0 saturated carbocycles. The highest BCUT2D eigenvalue weighted by Gasteiger charge is 2.48. The number of carbonyl (C=O) groups excluding carboxylic acids is 2. The van der Waals surface area contributed by atoms with Crippen molar-refractivity contribution < 1.29 is 14.3 Å². The molecule has 0 aromatic heterocycles. The van der Waals surface area contributed by atoms with Gasteiger partial charge >= 0.3 is 5.97 Å². The molecule has 0 bridgehead atoms. The minimum atomic E-state index is -0.618. The van der Waals surface area contributed by atoms with E-state index in [1.165, 1.54) is 6.92 Å². The van der Waals surface area contributed by atoms with E-state index >= 15 is 0 Å². The van der Waals surface area contributed by atoms with E-state index in [9.17, 15) is 9.59 Å². The Balaban J connectivity index is 5.36. The average Bonchev–Trinajstić information content (AvgIpc) is 2.23. The van der Waals surface area contributed by atoms with Crippen molar-refractivity contribution in [1.29, 1.82) is 0 Å². The third-order valence-electron chi connectivity index (χ3n) is 4.24. The molecule has 0 fully saturated rings. The van der Waals surface area contributed by atoms with Crippen molar-refractivity contribution in [1.82, 2.24) is 0 Å². The fraction of sp³-hybridized carbons (Fsp3) is 0.889. The van der Waals surface area contributed by atoms with Crippen LogP contribution >= 0.6 is 0 Å². The van der Waals surface area contributed by atoms with E-state index in [0.29, 0.717) is 6.42 Å². The zero-order valence-electron chi connectivity index (χ0n) is 15.4. The van der Waals surface area contributed by atoms with Gasteiger partial charge in [0.05, 0.1) is 5.41 Å². The summed E-state index contributed by atoms with van der Waals surface area (Å²) in [6.07, 6.45) is 1.53. The van der Waals surface area contributed by atoms with Gasteiger partial charge in [0.15, 0.2) is 11.9 Å². The van der Waals surface area contributed by atoms with Gasteiger partial charge < -0.3 is 4.74 Å². The van der Waals surface area contributed by atoms with Gasteiger partial charge in [0, 0.05) is 0 Å². The lowest BCUT2D eigenvalue weighted by atomic mass is 9.61. The predicted molar refractivity (Wildman–Crippen MR) is 87.1 cm³/mol. The smallest absolute Gasteiger partial charge is 0.313 e. The molecule has 3 nitrogen and oxygen atoms in total. The summed E-state index contributed by atoms with van der Waals surface area (Å²) in [6.45, 7) is 18.0. The number of Topliss-reactive ketones (excluding diaryl/α,β-unsaturated/α-hetero) is 1. The molecule has 2 unspecified atom stereocenters. The summed E-state index contributed by atoms with van der Waals surface area (Å²) in [5.74, 6) is -0.323. The van der Waals surface area contributed by atoms with E-state index in [4.69, 9.17) is 4.74 Å². The van der Waals surface area contributed by atoms with Crippen molar-refractivity contribution >= 4 is 11.8 Å². The van der Waals surface area contributed by atoms with Gasteiger partial charge in [0.2, 0.25) is 0 Å². The molecule has 21 heavy (non-hydrogen) atoms. The third-order valence-corrected chi connectivity index (χ3v) is 4.24. The van der Waals surface area contributed by atoms with Crippen molar-refractivity contribution in [2.24, 2.45) is 16.2 Å². The van der Waals surface area contributed by atoms with Gasteiger partial charge in [0.1, 0.15) is 0 Å². The maximum absolute atomic E-state index is 12.8. The van der Waals surface area contributed by atoms with Gasteiger partial charge in [-0.15, -0.1) is 0 Å². The number of carbonyl (C=O) groups is 2. The molecule has 0 spiro atoms. The lowest BCUT2D eigenvalue weighted by Crippen LogP contribution is -2.46. The van der Waals surface area contributed by atoms with E-state index < -0.39 is 11.5 Å². The van der Waals surface area contributed by atoms with Crippen molar-refractivity contribution in [3.8, 4) is 0 Å². The Morgan fingerprint density at radius 3 is 1.76 bits per heavy atom. The zero-order chi connectivity index (χ0) is 17.1. The molecule has 0 aliphatic heterocycles. The van der Waals surface area contributed by atoms with E-state index in [1.807, 2.05) is 13.8 Å². The summed E-state index contributed by atoms with van der Waals surface area (Å²) in [4.78, 5) is 24.5. The van der Waals surface area contributed by atoms with Crippen LogP contribution in [0.15, 0.2) is 0 Å². The number of rotatable bonds is 6. The Labute approximate surface area is 130 Å². The largest absolute Gasteiger partial charge is 0.454 e. The Kier molecular flexibility index (Phi) is 6.65. The first-order chi connectivity index (χ1) is 9.24. The second kappa shape index (κ2) is 6.93. The maximum atomic E-state index is 12.8. The molecule has 0 saturated heterocycles. The minimum absolute atomic E-state index is 0.0114. The first-order valence-electron chi connectivity index (χ1n) is 7.96. The van der Waals surface area contributed by atoms with E-state index in [1.54, 1.807) is 0 Å². The topological polar surface area (TPSA) is 43.4 Å². The fourth-order valence-corrected chi connectivity index (χ4v) is 2.57. The van der Waals surface area contributed by atoms with Crippen LogP contribution in [0, 0.1) is 16.2 Å². The van der Waals surface area contributed by atoms with Crippen molar-refractivity contribution in [3.63, 3.8) is 0 Å². The van der Waals surface area contributed by atoms with Crippen LogP contribution in [0.5, 0.6) is 0 Å². The Morgan fingerprint density at radius 2 is 1.48 bits per heavy atom. The number of esters is 1. The monoisotopic (exact) mass is 298 g/mol. The van der Waals surface area contributed by atoms with Crippen LogP contribution < -0.4 is 0 Å². The lowest BCUT2D eigenvalue weighted by molar-refractivity contribution is -0.173. The first kappa shape index (κ1) is 20.1. The second-order valence-electron chi connectivity index (χ2n) is 8.61.